The average Bonchev–Trinajstić information content (AvgIpc) is 2.95. The van der Waals surface area contributed by atoms with E-state index in [1.165, 1.54) is 17.0 Å². The SMILES string of the molecule is CN(C)C(=O)C1CSCN1C(=O)C/C=C/c1cccc(F)c1. The maximum atomic E-state index is 13.1. The largest absolute Gasteiger partial charge is 0.347 e. The zero-order chi connectivity index (χ0) is 16.1. The predicted molar refractivity (Wildman–Crippen MR) is 86.7 cm³/mol. The first-order valence-electron chi connectivity index (χ1n) is 6.99. The number of amides is 2. The van der Waals surface area contributed by atoms with Crippen LogP contribution in [0.25, 0.3) is 6.08 Å². The second-order valence-corrected chi connectivity index (χ2v) is 6.27. The van der Waals surface area contributed by atoms with E-state index in [0.717, 1.165) is 0 Å². The molecular formula is C16H19FN2O2S. The van der Waals surface area contributed by atoms with E-state index in [4.69, 9.17) is 0 Å². The molecule has 6 heteroatoms. The van der Waals surface area contributed by atoms with E-state index in [9.17, 15) is 14.0 Å². The molecule has 2 rings (SSSR count). The molecule has 118 valence electrons. The molecule has 0 aliphatic carbocycles. The first-order valence-corrected chi connectivity index (χ1v) is 8.15. The lowest BCUT2D eigenvalue weighted by molar-refractivity contribution is -0.141. The van der Waals surface area contributed by atoms with Crippen molar-refractivity contribution >= 4 is 29.7 Å². The Hall–Kier alpha value is -1.82. The minimum atomic E-state index is -0.380. The zero-order valence-corrected chi connectivity index (χ0v) is 13.5. The van der Waals surface area contributed by atoms with Crippen molar-refractivity contribution in [3.8, 4) is 0 Å². The average molecular weight is 322 g/mol. The summed E-state index contributed by atoms with van der Waals surface area (Å²) in [6.45, 7) is 0. The molecule has 1 aliphatic rings. The lowest BCUT2D eigenvalue weighted by Gasteiger charge is -2.25. The molecule has 4 nitrogen and oxygen atoms in total. The van der Waals surface area contributed by atoms with Crippen molar-refractivity contribution in [2.75, 3.05) is 25.7 Å². The molecule has 0 spiro atoms. The van der Waals surface area contributed by atoms with Gasteiger partial charge in [0.1, 0.15) is 11.9 Å². The second-order valence-electron chi connectivity index (χ2n) is 5.27. The van der Waals surface area contributed by atoms with Crippen molar-refractivity contribution in [2.24, 2.45) is 0 Å². The highest BCUT2D eigenvalue weighted by atomic mass is 32.2. The molecule has 0 bridgehead atoms. The number of hydrogen-bond donors (Lipinski definition) is 0. The fourth-order valence-corrected chi connectivity index (χ4v) is 3.39. The first kappa shape index (κ1) is 16.5. The van der Waals surface area contributed by atoms with Gasteiger partial charge in [0.05, 0.1) is 5.88 Å². The number of carbonyl (C=O) groups is 2. The monoisotopic (exact) mass is 322 g/mol. The van der Waals surface area contributed by atoms with Gasteiger partial charge in [-0.25, -0.2) is 4.39 Å². The molecule has 1 atom stereocenters. The number of likely N-dealkylation sites (N-methyl/N-ethyl adjacent to an activating group) is 1. The smallest absolute Gasteiger partial charge is 0.245 e. The molecule has 0 saturated carbocycles. The van der Waals surface area contributed by atoms with Crippen molar-refractivity contribution in [3.63, 3.8) is 0 Å². The van der Waals surface area contributed by atoms with Crippen LogP contribution in [0.4, 0.5) is 4.39 Å². The number of rotatable bonds is 4. The third-order valence-electron chi connectivity index (χ3n) is 3.38. The standard InChI is InChI=1S/C16H19FN2O2S/c1-18(2)16(21)14-10-22-11-19(14)15(20)8-4-6-12-5-3-7-13(17)9-12/h3-7,9,14H,8,10-11H2,1-2H3/b6-4+. The molecular weight excluding hydrogens is 303 g/mol. The van der Waals surface area contributed by atoms with Gasteiger partial charge in [-0.1, -0.05) is 24.3 Å². The molecule has 2 amide bonds. The lowest BCUT2D eigenvalue weighted by Crippen LogP contribution is -2.46. The Morgan fingerprint density at radius 1 is 1.45 bits per heavy atom. The highest BCUT2D eigenvalue weighted by Gasteiger charge is 2.34. The number of carbonyl (C=O) groups excluding carboxylic acids is 2. The number of hydrogen-bond acceptors (Lipinski definition) is 3. The van der Waals surface area contributed by atoms with Crippen molar-refractivity contribution in [2.45, 2.75) is 12.5 Å². The van der Waals surface area contributed by atoms with Gasteiger partial charge in [0.25, 0.3) is 0 Å². The Kier molecular flexibility index (Phi) is 5.60. The van der Waals surface area contributed by atoms with Gasteiger partial charge < -0.3 is 9.80 Å². The molecule has 1 saturated heterocycles. The summed E-state index contributed by atoms with van der Waals surface area (Å²) in [5, 5.41) is 0. The van der Waals surface area contributed by atoms with Gasteiger partial charge in [-0.3, -0.25) is 9.59 Å². The van der Waals surface area contributed by atoms with E-state index in [1.807, 2.05) is 0 Å². The third kappa shape index (κ3) is 4.10. The van der Waals surface area contributed by atoms with Crippen LogP contribution in [0.15, 0.2) is 30.3 Å². The van der Waals surface area contributed by atoms with Crippen LogP contribution in [0, 0.1) is 5.82 Å². The van der Waals surface area contributed by atoms with Crippen molar-refractivity contribution in [3.05, 3.63) is 41.7 Å². The van der Waals surface area contributed by atoms with Gasteiger partial charge >= 0.3 is 0 Å². The van der Waals surface area contributed by atoms with Crippen LogP contribution in [-0.2, 0) is 9.59 Å². The molecule has 0 radical (unpaired) electrons. The van der Waals surface area contributed by atoms with Gasteiger partial charge in [-0.05, 0) is 17.7 Å². The first-order chi connectivity index (χ1) is 10.5. The molecule has 22 heavy (non-hydrogen) atoms. The van der Waals surface area contributed by atoms with Crippen LogP contribution < -0.4 is 0 Å². The molecule has 1 unspecified atom stereocenters. The topological polar surface area (TPSA) is 40.6 Å². The summed E-state index contributed by atoms with van der Waals surface area (Å²) in [6.07, 6.45) is 3.62. The maximum Gasteiger partial charge on any atom is 0.245 e. The number of thioether (sulfide) groups is 1. The minimum Gasteiger partial charge on any atom is -0.347 e. The Bertz CT molecular complexity index is 589. The highest BCUT2D eigenvalue weighted by molar-refractivity contribution is 7.99. The summed E-state index contributed by atoms with van der Waals surface area (Å²) in [4.78, 5) is 27.4. The zero-order valence-electron chi connectivity index (χ0n) is 12.7. The van der Waals surface area contributed by atoms with Gasteiger partial charge in [0.15, 0.2) is 0 Å². The van der Waals surface area contributed by atoms with Crippen molar-refractivity contribution < 1.29 is 14.0 Å². The van der Waals surface area contributed by atoms with Gasteiger partial charge in [0, 0.05) is 26.3 Å². The third-order valence-corrected chi connectivity index (χ3v) is 4.39. The molecule has 1 aromatic rings. The fourth-order valence-electron chi connectivity index (χ4n) is 2.21. The molecule has 1 aromatic carbocycles. The van der Waals surface area contributed by atoms with E-state index in [0.29, 0.717) is 17.2 Å². The van der Waals surface area contributed by atoms with Crippen LogP contribution in [0.5, 0.6) is 0 Å². The van der Waals surface area contributed by atoms with Crippen LogP contribution in [0.1, 0.15) is 12.0 Å². The Morgan fingerprint density at radius 2 is 2.23 bits per heavy atom. The maximum absolute atomic E-state index is 13.1. The quantitative estimate of drug-likeness (QED) is 0.853. The van der Waals surface area contributed by atoms with Gasteiger partial charge in [-0.2, -0.15) is 0 Å². The number of nitrogens with zero attached hydrogens (tertiary/aromatic N) is 2. The van der Waals surface area contributed by atoms with E-state index in [1.54, 1.807) is 55.0 Å². The van der Waals surface area contributed by atoms with Crippen LogP contribution in [0.3, 0.4) is 0 Å². The molecule has 0 aromatic heterocycles. The van der Waals surface area contributed by atoms with E-state index < -0.39 is 0 Å². The minimum absolute atomic E-state index is 0.0486. The molecule has 1 aliphatic heterocycles. The highest BCUT2D eigenvalue weighted by Crippen LogP contribution is 2.23. The van der Waals surface area contributed by atoms with Crippen molar-refractivity contribution in [1.29, 1.82) is 0 Å². The summed E-state index contributed by atoms with van der Waals surface area (Å²) in [5.41, 5.74) is 0.713. The van der Waals surface area contributed by atoms with Gasteiger partial charge in [-0.15, -0.1) is 11.8 Å². The summed E-state index contributed by atoms with van der Waals surface area (Å²) in [7, 11) is 3.38. The summed E-state index contributed by atoms with van der Waals surface area (Å²) in [5.74, 6) is 0.735. The van der Waals surface area contributed by atoms with Crippen LogP contribution >= 0.6 is 11.8 Å². The fraction of sp³-hybridized carbons (Fsp3) is 0.375. The lowest BCUT2D eigenvalue weighted by atomic mass is 10.2. The molecule has 0 N–H and O–H groups in total. The predicted octanol–water partition coefficient (Wildman–Crippen LogP) is 2.22. The summed E-state index contributed by atoms with van der Waals surface area (Å²) in [6, 6.07) is 5.80. The van der Waals surface area contributed by atoms with Crippen LogP contribution in [0.2, 0.25) is 0 Å². The second kappa shape index (κ2) is 7.45. The molecule has 1 heterocycles. The van der Waals surface area contributed by atoms with Gasteiger partial charge in [0.2, 0.25) is 11.8 Å². The van der Waals surface area contributed by atoms with Crippen molar-refractivity contribution in [1.82, 2.24) is 9.80 Å². The Balaban J connectivity index is 1.95. The molecule has 1 fully saturated rings. The van der Waals surface area contributed by atoms with E-state index in [2.05, 4.69) is 0 Å². The van der Waals surface area contributed by atoms with E-state index in [-0.39, 0.29) is 30.1 Å². The van der Waals surface area contributed by atoms with Crippen LogP contribution in [-0.4, -0.2) is 53.4 Å². The normalized spacial score (nSPS) is 18.0. The summed E-state index contributed by atoms with van der Waals surface area (Å²) >= 11 is 1.58. The number of halogens is 1. The van der Waals surface area contributed by atoms with E-state index >= 15 is 0 Å². The Labute approximate surface area is 134 Å². The number of benzene rings is 1. The summed E-state index contributed by atoms with van der Waals surface area (Å²) < 4.78 is 13.1. The Morgan fingerprint density at radius 3 is 2.91 bits per heavy atom.